The highest BCUT2D eigenvalue weighted by molar-refractivity contribution is 14.0. The molecule has 140 valence electrons. The van der Waals surface area contributed by atoms with Crippen molar-refractivity contribution >= 4 is 45.9 Å². The third kappa shape index (κ3) is 5.51. The summed E-state index contributed by atoms with van der Waals surface area (Å²) in [4.78, 5) is 6.55. The van der Waals surface area contributed by atoms with E-state index in [1.165, 1.54) is 12.1 Å². The predicted octanol–water partition coefficient (Wildman–Crippen LogP) is 3.16. The molecule has 3 rings (SSSR count). The molecule has 0 amide bonds. The van der Waals surface area contributed by atoms with Crippen molar-refractivity contribution in [1.29, 1.82) is 0 Å². The number of rotatable bonds is 3. The fraction of sp³-hybridized carbons (Fsp3) is 0.588. The van der Waals surface area contributed by atoms with Crippen LogP contribution in [0, 0.1) is 5.82 Å². The molecule has 2 fully saturated rings. The van der Waals surface area contributed by atoms with Gasteiger partial charge in [0, 0.05) is 37.8 Å². The Balaban J connectivity index is 0.00000225. The van der Waals surface area contributed by atoms with Crippen molar-refractivity contribution in [1.82, 2.24) is 10.2 Å². The van der Waals surface area contributed by atoms with Crippen molar-refractivity contribution in [2.75, 3.05) is 33.4 Å². The number of hydrogen-bond acceptors (Lipinski definition) is 3. The number of ether oxygens (including phenoxy) is 2. The minimum Gasteiger partial charge on any atom is -0.375 e. The van der Waals surface area contributed by atoms with Crippen LogP contribution in [0.1, 0.15) is 18.4 Å². The zero-order valence-corrected chi connectivity index (χ0v) is 18.1. The highest BCUT2D eigenvalue weighted by atomic mass is 127. The summed E-state index contributed by atoms with van der Waals surface area (Å²) in [5, 5.41) is 3.32. The summed E-state index contributed by atoms with van der Waals surface area (Å²) in [5.41, 5.74) is 0.861. The second kappa shape index (κ2) is 10.0. The SMILES string of the molecule is CN=C(NCc1cc(F)ccc1Br)N1CCOC(C2CCCO2)C1.I. The Morgan fingerprint density at radius 1 is 1.36 bits per heavy atom. The Bertz CT molecular complexity index is 599. The minimum atomic E-state index is -0.241. The lowest BCUT2D eigenvalue weighted by molar-refractivity contribution is -0.0817. The molecule has 2 aliphatic heterocycles. The first kappa shape index (κ1) is 20.9. The van der Waals surface area contributed by atoms with Gasteiger partial charge in [-0.3, -0.25) is 4.99 Å². The molecule has 25 heavy (non-hydrogen) atoms. The number of aliphatic imine (C=N–C) groups is 1. The second-order valence-corrected chi connectivity index (χ2v) is 6.90. The standard InChI is InChI=1S/C17H23BrFN3O2.HI/c1-20-17(21-10-12-9-13(19)4-5-14(12)18)22-6-8-24-16(11-22)15-3-2-7-23-15;/h4-5,9,15-16H,2-3,6-8,10-11H2,1H3,(H,20,21);1H. The van der Waals surface area contributed by atoms with Crippen LogP contribution in [0.15, 0.2) is 27.7 Å². The van der Waals surface area contributed by atoms with Gasteiger partial charge in [0.1, 0.15) is 11.9 Å². The number of morpholine rings is 1. The largest absolute Gasteiger partial charge is 0.375 e. The smallest absolute Gasteiger partial charge is 0.194 e. The fourth-order valence-electron chi connectivity index (χ4n) is 3.17. The van der Waals surface area contributed by atoms with Crippen molar-refractivity contribution in [3.8, 4) is 0 Å². The van der Waals surface area contributed by atoms with Gasteiger partial charge in [-0.15, -0.1) is 24.0 Å². The van der Waals surface area contributed by atoms with Crippen molar-refractivity contribution in [3.63, 3.8) is 0 Å². The first-order valence-corrected chi connectivity index (χ1v) is 9.09. The number of benzene rings is 1. The van der Waals surface area contributed by atoms with Crippen molar-refractivity contribution in [3.05, 3.63) is 34.1 Å². The van der Waals surface area contributed by atoms with E-state index in [0.717, 1.165) is 48.5 Å². The topological polar surface area (TPSA) is 46.1 Å². The van der Waals surface area contributed by atoms with E-state index in [4.69, 9.17) is 9.47 Å². The molecule has 2 unspecified atom stereocenters. The zero-order valence-electron chi connectivity index (χ0n) is 14.2. The van der Waals surface area contributed by atoms with Gasteiger partial charge < -0.3 is 19.7 Å². The number of nitrogens with one attached hydrogen (secondary N) is 1. The monoisotopic (exact) mass is 527 g/mol. The highest BCUT2D eigenvalue weighted by Crippen LogP contribution is 2.21. The Labute approximate surface area is 173 Å². The van der Waals surface area contributed by atoms with Crippen LogP contribution < -0.4 is 5.32 Å². The quantitative estimate of drug-likeness (QED) is 0.372. The van der Waals surface area contributed by atoms with E-state index in [0.29, 0.717) is 13.2 Å². The number of halogens is 3. The molecule has 2 saturated heterocycles. The van der Waals surface area contributed by atoms with Crippen LogP contribution in [0.4, 0.5) is 4.39 Å². The predicted molar refractivity (Wildman–Crippen MR) is 110 cm³/mol. The maximum Gasteiger partial charge on any atom is 0.194 e. The molecule has 1 aromatic carbocycles. The van der Waals surface area contributed by atoms with Crippen LogP contribution in [-0.2, 0) is 16.0 Å². The summed E-state index contributed by atoms with van der Waals surface area (Å²) in [7, 11) is 1.76. The van der Waals surface area contributed by atoms with Crippen LogP contribution in [0.3, 0.4) is 0 Å². The summed E-state index contributed by atoms with van der Waals surface area (Å²) in [5.74, 6) is 0.562. The molecule has 0 bridgehead atoms. The lowest BCUT2D eigenvalue weighted by atomic mass is 10.1. The van der Waals surface area contributed by atoms with E-state index in [1.54, 1.807) is 13.1 Å². The molecule has 0 radical (unpaired) electrons. The van der Waals surface area contributed by atoms with Gasteiger partial charge in [0.2, 0.25) is 0 Å². The lowest BCUT2D eigenvalue weighted by Gasteiger charge is -2.37. The van der Waals surface area contributed by atoms with E-state index in [-0.39, 0.29) is 42.0 Å². The number of hydrogen-bond donors (Lipinski definition) is 1. The first-order chi connectivity index (χ1) is 11.7. The Morgan fingerprint density at radius 2 is 2.16 bits per heavy atom. The van der Waals surface area contributed by atoms with Crippen LogP contribution in [0.2, 0.25) is 0 Å². The van der Waals surface area contributed by atoms with Gasteiger partial charge in [-0.25, -0.2) is 4.39 Å². The van der Waals surface area contributed by atoms with E-state index >= 15 is 0 Å². The molecular weight excluding hydrogens is 504 g/mol. The highest BCUT2D eigenvalue weighted by Gasteiger charge is 2.32. The lowest BCUT2D eigenvalue weighted by Crippen LogP contribution is -2.53. The summed E-state index contributed by atoms with van der Waals surface area (Å²) in [6.07, 6.45) is 2.43. The van der Waals surface area contributed by atoms with Crippen LogP contribution in [-0.4, -0.2) is 56.4 Å². The van der Waals surface area contributed by atoms with Crippen LogP contribution >= 0.6 is 39.9 Å². The zero-order chi connectivity index (χ0) is 16.9. The second-order valence-electron chi connectivity index (χ2n) is 6.04. The maximum atomic E-state index is 13.4. The Morgan fingerprint density at radius 3 is 2.88 bits per heavy atom. The van der Waals surface area contributed by atoms with Crippen molar-refractivity contribution < 1.29 is 13.9 Å². The maximum absolute atomic E-state index is 13.4. The summed E-state index contributed by atoms with van der Waals surface area (Å²) in [6, 6.07) is 4.69. The van der Waals surface area contributed by atoms with Gasteiger partial charge >= 0.3 is 0 Å². The van der Waals surface area contributed by atoms with Gasteiger partial charge in [0.15, 0.2) is 5.96 Å². The van der Waals surface area contributed by atoms with Gasteiger partial charge in [-0.2, -0.15) is 0 Å². The fourth-order valence-corrected chi connectivity index (χ4v) is 3.56. The molecule has 0 spiro atoms. The van der Waals surface area contributed by atoms with Crippen molar-refractivity contribution in [2.45, 2.75) is 31.6 Å². The average molecular weight is 528 g/mol. The van der Waals surface area contributed by atoms with Crippen molar-refractivity contribution in [2.24, 2.45) is 4.99 Å². The molecule has 0 saturated carbocycles. The normalized spacial score (nSPS) is 24.1. The molecule has 1 N–H and O–H groups in total. The molecule has 8 heteroatoms. The van der Waals surface area contributed by atoms with E-state index < -0.39 is 0 Å². The molecule has 0 aliphatic carbocycles. The van der Waals surface area contributed by atoms with Crippen LogP contribution in [0.25, 0.3) is 0 Å². The van der Waals surface area contributed by atoms with E-state index in [1.807, 2.05) is 0 Å². The first-order valence-electron chi connectivity index (χ1n) is 8.30. The molecule has 2 heterocycles. The Hall–Kier alpha value is -0.450. The van der Waals surface area contributed by atoms with Gasteiger partial charge in [0.05, 0.1) is 12.7 Å². The van der Waals surface area contributed by atoms with Gasteiger partial charge in [0.25, 0.3) is 0 Å². The molecular formula is C17H24BrFIN3O2. The summed E-state index contributed by atoms with van der Waals surface area (Å²) >= 11 is 3.46. The number of nitrogens with zero attached hydrogens (tertiary/aromatic N) is 2. The average Bonchev–Trinajstić information content (AvgIpc) is 3.13. The number of guanidine groups is 1. The van der Waals surface area contributed by atoms with E-state index in [9.17, 15) is 4.39 Å². The third-order valence-electron chi connectivity index (χ3n) is 4.43. The molecule has 0 aromatic heterocycles. The summed E-state index contributed by atoms with van der Waals surface area (Å²) < 4.78 is 25.9. The third-order valence-corrected chi connectivity index (χ3v) is 5.20. The molecule has 5 nitrogen and oxygen atoms in total. The molecule has 2 aliphatic rings. The Kier molecular flexibility index (Phi) is 8.37. The van der Waals surface area contributed by atoms with Gasteiger partial charge in [-0.05, 0) is 36.6 Å². The van der Waals surface area contributed by atoms with Gasteiger partial charge in [-0.1, -0.05) is 15.9 Å². The minimum absolute atomic E-state index is 0. The molecule has 2 atom stereocenters. The van der Waals surface area contributed by atoms with Crippen LogP contribution in [0.5, 0.6) is 0 Å². The summed E-state index contributed by atoms with van der Waals surface area (Å²) in [6.45, 7) is 3.54. The van der Waals surface area contributed by atoms with E-state index in [2.05, 4.69) is 31.1 Å². The molecule has 1 aromatic rings.